The average Bonchev–Trinajstić information content (AvgIpc) is 2.62. The van der Waals surface area contributed by atoms with Gasteiger partial charge in [-0.3, -0.25) is 4.79 Å². The zero-order valence-corrected chi connectivity index (χ0v) is 14.0. The van der Waals surface area contributed by atoms with Crippen LogP contribution in [-0.4, -0.2) is 35.6 Å². The maximum absolute atomic E-state index is 11.9. The van der Waals surface area contributed by atoms with Gasteiger partial charge in [-0.15, -0.1) is 0 Å². The summed E-state index contributed by atoms with van der Waals surface area (Å²) in [5.41, 5.74) is 0.640. The van der Waals surface area contributed by atoms with Crippen LogP contribution in [0.25, 0.3) is 0 Å². The number of hydrogen-bond donors (Lipinski definition) is 1. The van der Waals surface area contributed by atoms with E-state index in [1.165, 1.54) is 19.3 Å². The number of hydrogen-bond acceptors (Lipinski definition) is 5. The number of rotatable bonds is 5. The van der Waals surface area contributed by atoms with E-state index in [-0.39, 0.29) is 17.7 Å². The van der Waals surface area contributed by atoms with Gasteiger partial charge in [0.05, 0.1) is 11.9 Å². The number of pyridine rings is 2. The number of nitrogens with one attached hydrogen (secondary N) is 1. The molecule has 0 spiro atoms. The minimum absolute atomic E-state index is 0.140. The third-order valence-electron chi connectivity index (χ3n) is 3.80. The molecule has 0 atom stereocenters. The highest BCUT2D eigenvalue weighted by atomic mass is 35.5. The first-order valence-corrected chi connectivity index (χ1v) is 8.34. The Morgan fingerprint density at radius 1 is 1.21 bits per heavy atom. The van der Waals surface area contributed by atoms with Crippen LogP contribution in [0.15, 0.2) is 36.7 Å². The SMILES string of the molecule is O=C(COc1cccnc1Cl)Nc1ccc(N2CCCCC2)nc1. The zero-order chi connectivity index (χ0) is 16.8. The lowest BCUT2D eigenvalue weighted by Crippen LogP contribution is -2.30. The molecule has 1 N–H and O–H groups in total. The minimum atomic E-state index is -0.276. The Hall–Kier alpha value is -2.34. The third kappa shape index (κ3) is 4.35. The van der Waals surface area contributed by atoms with Crippen molar-refractivity contribution in [1.29, 1.82) is 0 Å². The summed E-state index contributed by atoms with van der Waals surface area (Å²) in [5.74, 6) is 1.06. The maximum atomic E-state index is 11.9. The molecule has 3 heterocycles. The van der Waals surface area contributed by atoms with E-state index in [0.29, 0.717) is 11.4 Å². The van der Waals surface area contributed by atoms with Crippen LogP contribution in [0.2, 0.25) is 5.15 Å². The predicted octanol–water partition coefficient (Wildman–Crippen LogP) is 3.14. The van der Waals surface area contributed by atoms with Crippen molar-refractivity contribution in [3.63, 3.8) is 0 Å². The van der Waals surface area contributed by atoms with Crippen LogP contribution < -0.4 is 15.0 Å². The highest BCUT2D eigenvalue weighted by Crippen LogP contribution is 2.21. The van der Waals surface area contributed by atoms with Crippen molar-refractivity contribution in [1.82, 2.24) is 9.97 Å². The summed E-state index contributed by atoms with van der Waals surface area (Å²) in [5, 5.41) is 2.99. The molecule has 0 aromatic carbocycles. The number of anilines is 2. The fourth-order valence-electron chi connectivity index (χ4n) is 2.59. The van der Waals surface area contributed by atoms with E-state index in [0.717, 1.165) is 18.9 Å². The van der Waals surface area contributed by atoms with Crippen molar-refractivity contribution < 1.29 is 9.53 Å². The Balaban J connectivity index is 1.52. The van der Waals surface area contributed by atoms with Gasteiger partial charge in [0.25, 0.3) is 5.91 Å². The van der Waals surface area contributed by atoms with E-state index in [1.54, 1.807) is 24.5 Å². The average molecular weight is 347 g/mol. The van der Waals surface area contributed by atoms with Gasteiger partial charge in [-0.05, 0) is 43.5 Å². The molecule has 0 unspecified atom stereocenters. The molecule has 7 heteroatoms. The van der Waals surface area contributed by atoms with E-state index < -0.39 is 0 Å². The predicted molar refractivity (Wildman–Crippen MR) is 93.7 cm³/mol. The molecular weight excluding hydrogens is 328 g/mol. The number of carbonyl (C=O) groups is 1. The van der Waals surface area contributed by atoms with Crippen LogP contribution in [0.4, 0.5) is 11.5 Å². The van der Waals surface area contributed by atoms with E-state index in [1.807, 2.05) is 12.1 Å². The van der Waals surface area contributed by atoms with E-state index in [9.17, 15) is 4.79 Å². The van der Waals surface area contributed by atoms with Crippen LogP contribution in [-0.2, 0) is 4.79 Å². The van der Waals surface area contributed by atoms with Crippen LogP contribution in [0, 0.1) is 0 Å². The van der Waals surface area contributed by atoms with Crippen molar-refractivity contribution in [2.45, 2.75) is 19.3 Å². The number of piperidine rings is 1. The lowest BCUT2D eigenvalue weighted by molar-refractivity contribution is -0.118. The normalized spacial score (nSPS) is 14.3. The third-order valence-corrected chi connectivity index (χ3v) is 4.08. The Kier molecular flexibility index (Phi) is 5.48. The molecule has 1 aliphatic heterocycles. The van der Waals surface area contributed by atoms with Gasteiger partial charge < -0.3 is 15.0 Å². The summed E-state index contributed by atoms with van der Waals surface area (Å²) in [6.45, 7) is 1.94. The molecule has 2 aromatic rings. The standard InChI is InChI=1S/C17H19ClN4O2/c18-17-14(5-4-8-19-17)24-12-16(23)21-13-6-7-15(20-11-13)22-9-2-1-3-10-22/h4-8,11H,1-3,9-10,12H2,(H,21,23). The van der Waals surface area contributed by atoms with Gasteiger partial charge >= 0.3 is 0 Å². The molecule has 126 valence electrons. The fourth-order valence-corrected chi connectivity index (χ4v) is 2.76. The quantitative estimate of drug-likeness (QED) is 0.842. The topological polar surface area (TPSA) is 67.3 Å². The summed E-state index contributed by atoms with van der Waals surface area (Å²) < 4.78 is 5.35. The molecule has 0 aliphatic carbocycles. The molecule has 24 heavy (non-hydrogen) atoms. The largest absolute Gasteiger partial charge is 0.481 e. The first-order chi connectivity index (χ1) is 11.7. The minimum Gasteiger partial charge on any atom is -0.481 e. The van der Waals surface area contributed by atoms with Crippen LogP contribution >= 0.6 is 11.6 Å². The monoisotopic (exact) mass is 346 g/mol. The number of nitrogens with zero attached hydrogens (tertiary/aromatic N) is 3. The maximum Gasteiger partial charge on any atom is 0.262 e. The number of halogens is 1. The Bertz CT molecular complexity index is 687. The Labute approximate surface area is 145 Å². The molecule has 6 nitrogen and oxygen atoms in total. The van der Waals surface area contributed by atoms with Gasteiger partial charge in [-0.25, -0.2) is 9.97 Å². The second kappa shape index (κ2) is 7.97. The summed E-state index contributed by atoms with van der Waals surface area (Å²) in [6.07, 6.45) is 6.91. The number of aromatic nitrogens is 2. The Morgan fingerprint density at radius 3 is 2.75 bits per heavy atom. The molecule has 0 saturated carbocycles. The van der Waals surface area contributed by atoms with Crippen molar-refractivity contribution in [3.05, 3.63) is 41.8 Å². The van der Waals surface area contributed by atoms with Crippen LogP contribution in [0.3, 0.4) is 0 Å². The molecule has 0 bridgehead atoms. The van der Waals surface area contributed by atoms with Crippen molar-refractivity contribution in [2.75, 3.05) is 29.9 Å². The molecule has 3 rings (SSSR count). The van der Waals surface area contributed by atoms with Gasteiger partial charge in [0.1, 0.15) is 5.82 Å². The molecule has 2 aromatic heterocycles. The summed E-state index contributed by atoms with van der Waals surface area (Å²) in [6, 6.07) is 7.14. The van der Waals surface area contributed by atoms with Gasteiger partial charge in [-0.2, -0.15) is 0 Å². The van der Waals surface area contributed by atoms with Crippen molar-refractivity contribution >= 4 is 29.0 Å². The smallest absolute Gasteiger partial charge is 0.262 e. The molecule has 1 saturated heterocycles. The second-order valence-electron chi connectivity index (χ2n) is 5.58. The first-order valence-electron chi connectivity index (χ1n) is 7.96. The molecule has 0 radical (unpaired) electrons. The molecule has 1 fully saturated rings. The number of ether oxygens (including phenoxy) is 1. The van der Waals surface area contributed by atoms with Crippen molar-refractivity contribution in [3.8, 4) is 5.75 Å². The van der Waals surface area contributed by atoms with Gasteiger partial charge in [0.2, 0.25) is 0 Å². The summed E-state index contributed by atoms with van der Waals surface area (Å²) in [7, 11) is 0. The van der Waals surface area contributed by atoms with Crippen molar-refractivity contribution in [2.24, 2.45) is 0 Å². The second-order valence-corrected chi connectivity index (χ2v) is 5.94. The number of carbonyl (C=O) groups excluding carboxylic acids is 1. The van der Waals surface area contributed by atoms with E-state index >= 15 is 0 Å². The van der Waals surface area contributed by atoms with Crippen LogP contribution in [0.5, 0.6) is 5.75 Å². The highest BCUT2D eigenvalue weighted by Gasteiger charge is 2.12. The Morgan fingerprint density at radius 2 is 2.04 bits per heavy atom. The lowest BCUT2D eigenvalue weighted by atomic mass is 10.1. The van der Waals surface area contributed by atoms with Gasteiger partial charge in [0, 0.05) is 19.3 Å². The zero-order valence-electron chi connectivity index (χ0n) is 13.2. The fraction of sp³-hybridized carbons (Fsp3) is 0.353. The molecule has 1 aliphatic rings. The molecule has 1 amide bonds. The van der Waals surface area contributed by atoms with E-state index in [4.69, 9.17) is 16.3 Å². The lowest BCUT2D eigenvalue weighted by Gasteiger charge is -2.27. The van der Waals surface area contributed by atoms with Crippen LogP contribution in [0.1, 0.15) is 19.3 Å². The molecular formula is C17H19ClN4O2. The van der Waals surface area contributed by atoms with Gasteiger partial charge in [-0.1, -0.05) is 11.6 Å². The first kappa shape index (κ1) is 16.5. The van der Waals surface area contributed by atoms with Gasteiger partial charge in [0.15, 0.2) is 17.5 Å². The summed E-state index contributed by atoms with van der Waals surface area (Å²) >= 11 is 5.88. The highest BCUT2D eigenvalue weighted by molar-refractivity contribution is 6.30. The summed E-state index contributed by atoms with van der Waals surface area (Å²) in [4.78, 5) is 22.5. The van der Waals surface area contributed by atoms with E-state index in [2.05, 4.69) is 20.2 Å². The number of amides is 1.